The van der Waals surface area contributed by atoms with Crippen molar-refractivity contribution in [2.24, 2.45) is 0 Å². The SMILES string of the molecule is O=C1N(CN2CCCC2)c2ccccc2C12OCCO2. The van der Waals surface area contributed by atoms with E-state index < -0.39 is 5.79 Å². The van der Waals surface area contributed by atoms with Crippen LogP contribution in [0.3, 0.4) is 0 Å². The van der Waals surface area contributed by atoms with Gasteiger partial charge in [0.25, 0.3) is 11.7 Å². The van der Waals surface area contributed by atoms with Crippen molar-refractivity contribution in [2.75, 3.05) is 37.9 Å². The van der Waals surface area contributed by atoms with Gasteiger partial charge in [-0.05, 0) is 32.0 Å². The molecule has 1 spiro atoms. The van der Waals surface area contributed by atoms with Gasteiger partial charge in [0.15, 0.2) is 0 Å². The monoisotopic (exact) mass is 274 g/mol. The normalized spacial score (nSPS) is 24.8. The average molecular weight is 274 g/mol. The largest absolute Gasteiger partial charge is 0.336 e. The number of benzene rings is 1. The Morgan fingerprint density at radius 3 is 2.55 bits per heavy atom. The van der Waals surface area contributed by atoms with Crippen LogP contribution in [0.4, 0.5) is 5.69 Å². The summed E-state index contributed by atoms with van der Waals surface area (Å²) in [6, 6.07) is 7.79. The number of likely N-dealkylation sites (tertiary alicyclic amines) is 1. The lowest BCUT2D eigenvalue weighted by molar-refractivity contribution is -0.181. The van der Waals surface area contributed by atoms with E-state index in [1.807, 2.05) is 29.2 Å². The van der Waals surface area contributed by atoms with E-state index in [9.17, 15) is 4.79 Å². The fraction of sp³-hybridized carbons (Fsp3) is 0.533. The molecular weight excluding hydrogens is 256 g/mol. The molecule has 0 unspecified atom stereocenters. The fourth-order valence-corrected chi connectivity index (χ4v) is 3.35. The number of carbonyl (C=O) groups is 1. The van der Waals surface area contributed by atoms with Crippen molar-refractivity contribution >= 4 is 11.6 Å². The van der Waals surface area contributed by atoms with Crippen molar-refractivity contribution in [3.63, 3.8) is 0 Å². The summed E-state index contributed by atoms with van der Waals surface area (Å²) >= 11 is 0. The number of nitrogens with zero attached hydrogens (tertiary/aromatic N) is 2. The summed E-state index contributed by atoms with van der Waals surface area (Å²) in [7, 11) is 0. The van der Waals surface area contributed by atoms with E-state index in [0.29, 0.717) is 19.9 Å². The predicted octanol–water partition coefficient (Wildman–Crippen LogP) is 1.29. The van der Waals surface area contributed by atoms with Crippen LogP contribution in [-0.2, 0) is 20.1 Å². The fourth-order valence-electron chi connectivity index (χ4n) is 3.35. The van der Waals surface area contributed by atoms with Gasteiger partial charge >= 0.3 is 0 Å². The molecule has 0 aliphatic carbocycles. The van der Waals surface area contributed by atoms with E-state index >= 15 is 0 Å². The van der Waals surface area contributed by atoms with Crippen molar-refractivity contribution in [3.8, 4) is 0 Å². The third-order valence-electron chi connectivity index (χ3n) is 4.31. The van der Waals surface area contributed by atoms with E-state index in [4.69, 9.17) is 9.47 Å². The molecule has 0 radical (unpaired) electrons. The summed E-state index contributed by atoms with van der Waals surface area (Å²) in [6.45, 7) is 3.68. The maximum atomic E-state index is 12.8. The summed E-state index contributed by atoms with van der Waals surface area (Å²) in [4.78, 5) is 16.9. The van der Waals surface area contributed by atoms with Crippen LogP contribution in [0.5, 0.6) is 0 Å². The first-order valence-electron chi connectivity index (χ1n) is 7.23. The van der Waals surface area contributed by atoms with Gasteiger partial charge in [-0.2, -0.15) is 0 Å². The lowest BCUT2D eigenvalue weighted by Crippen LogP contribution is -2.45. The molecule has 0 bridgehead atoms. The van der Waals surface area contributed by atoms with Gasteiger partial charge in [-0.3, -0.25) is 14.6 Å². The molecule has 1 amide bonds. The van der Waals surface area contributed by atoms with Crippen LogP contribution in [0.1, 0.15) is 18.4 Å². The number of amides is 1. The lowest BCUT2D eigenvalue weighted by Gasteiger charge is -2.26. The number of hydrogen-bond donors (Lipinski definition) is 0. The molecule has 0 N–H and O–H groups in total. The molecule has 5 heteroatoms. The third kappa shape index (κ3) is 1.63. The van der Waals surface area contributed by atoms with Crippen molar-refractivity contribution in [2.45, 2.75) is 18.6 Å². The molecule has 20 heavy (non-hydrogen) atoms. The first-order valence-corrected chi connectivity index (χ1v) is 7.23. The molecule has 0 atom stereocenters. The Balaban J connectivity index is 1.71. The van der Waals surface area contributed by atoms with Crippen LogP contribution in [0.2, 0.25) is 0 Å². The minimum atomic E-state index is -1.18. The van der Waals surface area contributed by atoms with E-state index in [-0.39, 0.29) is 5.91 Å². The number of rotatable bonds is 2. The number of anilines is 1. The highest BCUT2D eigenvalue weighted by molar-refractivity contribution is 6.06. The molecule has 3 heterocycles. The Bertz CT molecular complexity index is 534. The van der Waals surface area contributed by atoms with Gasteiger partial charge in [0.05, 0.1) is 25.6 Å². The Morgan fingerprint density at radius 1 is 1.10 bits per heavy atom. The third-order valence-corrected chi connectivity index (χ3v) is 4.31. The number of fused-ring (bicyclic) bond motifs is 2. The Hall–Kier alpha value is -1.43. The highest BCUT2D eigenvalue weighted by Crippen LogP contribution is 2.45. The molecular formula is C15H18N2O3. The molecule has 1 aromatic rings. The molecule has 5 nitrogen and oxygen atoms in total. The summed E-state index contributed by atoms with van der Waals surface area (Å²) in [5.41, 5.74) is 1.77. The highest BCUT2D eigenvalue weighted by Gasteiger charge is 2.56. The number of para-hydroxylation sites is 1. The van der Waals surface area contributed by atoms with Gasteiger partial charge in [-0.25, -0.2) is 0 Å². The predicted molar refractivity (Wildman–Crippen MR) is 73.2 cm³/mol. The molecule has 0 aromatic heterocycles. The minimum absolute atomic E-state index is 0.0805. The van der Waals surface area contributed by atoms with Crippen LogP contribution < -0.4 is 4.90 Å². The van der Waals surface area contributed by atoms with Crippen LogP contribution in [0.25, 0.3) is 0 Å². The number of hydrogen-bond acceptors (Lipinski definition) is 4. The molecule has 4 rings (SSSR count). The second-order valence-electron chi connectivity index (χ2n) is 5.53. The summed E-state index contributed by atoms with van der Waals surface area (Å²) in [6.07, 6.45) is 2.42. The lowest BCUT2D eigenvalue weighted by atomic mass is 10.1. The Kier molecular flexibility index (Phi) is 2.80. The van der Waals surface area contributed by atoms with Crippen LogP contribution in [0, 0.1) is 0 Å². The maximum Gasteiger partial charge on any atom is 0.293 e. The first-order chi connectivity index (χ1) is 9.81. The van der Waals surface area contributed by atoms with E-state index in [1.54, 1.807) is 0 Å². The van der Waals surface area contributed by atoms with Crippen LogP contribution in [0.15, 0.2) is 24.3 Å². The van der Waals surface area contributed by atoms with Gasteiger partial charge in [0, 0.05) is 5.56 Å². The zero-order chi connectivity index (χ0) is 13.6. The van der Waals surface area contributed by atoms with Gasteiger partial charge in [-0.1, -0.05) is 18.2 Å². The van der Waals surface area contributed by atoms with Gasteiger partial charge < -0.3 is 9.47 Å². The molecule has 106 valence electrons. The zero-order valence-corrected chi connectivity index (χ0v) is 11.4. The minimum Gasteiger partial charge on any atom is -0.336 e. The van der Waals surface area contributed by atoms with Crippen molar-refractivity contribution in [1.82, 2.24) is 4.90 Å². The number of ether oxygens (including phenoxy) is 2. The summed E-state index contributed by atoms with van der Waals surface area (Å²) in [5, 5.41) is 0. The standard InChI is InChI=1S/C15H18N2O3/c18-14-15(19-9-10-20-15)12-5-1-2-6-13(12)17(14)11-16-7-3-4-8-16/h1-2,5-6H,3-4,7-11H2. The quantitative estimate of drug-likeness (QED) is 0.815. The average Bonchev–Trinajstić information content (AvgIpc) is 3.19. The Labute approximate surface area is 118 Å². The van der Waals surface area contributed by atoms with Gasteiger partial charge in [0.1, 0.15) is 0 Å². The van der Waals surface area contributed by atoms with Crippen molar-refractivity contribution < 1.29 is 14.3 Å². The topological polar surface area (TPSA) is 42.0 Å². The smallest absolute Gasteiger partial charge is 0.293 e. The Morgan fingerprint density at radius 2 is 1.80 bits per heavy atom. The molecule has 0 saturated carbocycles. The van der Waals surface area contributed by atoms with Crippen molar-refractivity contribution in [1.29, 1.82) is 0 Å². The molecule has 2 fully saturated rings. The molecule has 3 aliphatic rings. The molecule has 3 aliphatic heterocycles. The second kappa shape index (κ2) is 4.55. The van der Waals surface area contributed by atoms with Gasteiger partial charge in [0.2, 0.25) is 0 Å². The summed E-state index contributed by atoms with van der Waals surface area (Å²) in [5.74, 6) is -1.26. The number of carbonyl (C=O) groups excluding carboxylic acids is 1. The van der Waals surface area contributed by atoms with E-state index in [1.165, 1.54) is 12.8 Å². The maximum absolute atomic E-state index is 12.8. The van der Waals surface area contributed by atoms with Gasteiger partial charge in [-0.15, -0.1) is 0 Å². The molecule has 2 saturated heterocycles. The van der Waals surface area contributed by atoms with Crippen LogP contribution >= 0.6 is 0 Å². The second-order valence-corrected chi connectivity index (χ2v) is 5.53. The highest BCUT2D eigenvalue weighted by atomic mass is 16.7. The van der Waals surface area contributed by atoms with E-state index in [0.717, 1.165) is 24.3 Å². The van der Waals surface area contributed by atoms with Crippen LogP contribution in [-0.4, -0.2) is 43.8 Å². The van der Waals surface area contributed by atoms with E-state index in [2.05, 4.69) is 4.90 Å². The molecule has 1 aromatic carbocycles. The zero-order valence-electron chi connectivity index (χ0n) is 11.4. The summed E-state index contributed by atoms with van der Waals surface area (Å²) < 4.78 is 11.4. The van der Waals surface area contributed by atoms with Crippen molar-refractivity contribution in [3.05, 3.63) is 29.8 Å². The first kappa shape index (κ1) is 12.3.